The summed E-state index contributed by atoms with van der Waals surface area (Å²) in [7, 11) is 3.92. The van der Waals surface area contributed by atoms with E-state index in [0.29, 0.717) is 22.8 Å². The van der Waals surface area contributed by atoms with Crippen LogP contribution < -0.4 is 16.0 Å². The van der Waals surface area contributed by atoms with Gasteiger partial charge in [0.1, 0.15) is 22.1 Å². The summed E-state index contributed by atoms with van der Waals surface area (Å²) in [5.41, 5.74) is 8.12. The number of thiazole rings is 1. The molecular formula is C19H23ClN6O3S. The molecule has 1 aliphatic rings. The molecule has 0 radical (unpaired) electrons. The molecule has 1 fully saturated rings. The Morgan fingerprint density at radius 3 is 2.67 bits per heavy atom. The van der Waals surface area contributed by atoms with Gasteiger partial charge in [-0.15, -0.1) is 11.3 Å². The van der Waals surface area contributed by atoms with E-state index in [0.717, 1.165) is 15.9 Å². The van der Waals surface area contributed by atoms with Crippen molar-refractivity contribution in [3.63, 3.8) is 0 Å². The van der Waals surface area contributed by atoms with Crippen LogP contribution in [0, 0.1) is 5.92 Å². The fourth-order valence-electron chi connectivity index (χ4n) is 3.67. The molecule has 1 aliphatic carbocycles. The van der Waals surface area contributed by atoms with Gasteiger partial charge in [0.2, 0.25) is 5.95 Å². The number of nitrogens with one attached hydrogen (secondary N) is 1. The lowest BCUT2D eigenvalue weighted by Gasteiger charge is -2.20. The van der Waals surface area contributed by atoms with Crippen molar-refractivity contribution in [3.05, 3.63) is 23.4 Å². The molecule has 4 atom stereocenters. The van der Waals surface area contributed by atoms with Crippen LogP contribution in [0.3, 0.4) is 0 Å². The zero-order valence-corrected chi connectivity index (χ0v) is 18.0. The maximum absolute atomic E-state index is 10.4. The minimum absolute atomic E-state index is 0.0194. The number of halogens is 1. The number of nitrogen functional groups attached to an aromatic ring is 1. The molecule has 2 aromatic heterocycles. The third-order valence-corrected chi connectivity index (χ3v) is 6.67. The highest BCUT2D eigenvalue weighted by Crippen LogP contribution is 2.40. The van der Waals surface area contributed by atoms with Crippen LogP contribution in [0.25, 0.3) is 20.8 Å². The first-order valence-corrected chi connectivity index (χ1v) is 10.6. The van der Waals surface area contributed by atoms with E-state index in [4.69, 9.17) is 22.3 Å². The summed E-state index contributed by atoms with van der Waals surface area (Å²) in [4.78, 5) is 15.0. The molecule has 9 nitrogen and oxygen atoms in total. The smallest absolute Gasteiger partial charge is 0.223 e. The number of aromatic nitrogens is 3. The molecule has 0 aliphatic heterocycles. The van der Waals surface area contributed by atoms with Gasteiger partial charge in [0.05, 0.1) is 27.9 Å². The van der Waals surface area contributed by atoms with Crippen molar-refractivity contribution < 1.29 is 15.3 Å². The standard InChI is InChI=1S/C19H23ClN6O3S/c1-26(2)9-3-4-12-10(6-9)23-18(30-12)13-16(20)24-19(21)25-17(13)22-11-5-8(7-27)14(28)15(11)29/h3-4,6,8,11,14-15,27-29H,5,7H2,1-2H3,(H3,21,22,24,25)/t8-,11-,14-,15+/m1/s1. The highest BCUT2D eigenvalue weighted by Gasteiger charge is 2.41. The fourth-order valence-corrected chi connectivity index (χ4v) is 4.98. The van der Waals surface area contributed by atoms with Crippen molar-refractivity contribution in [2.45, 2.75) is 24.7 Å². The zero-order chi connectivity index (χ0) is 21.6. The first-order valence-electron chi connectivity index (χ1n) is 9.43. The normalized spacial score (nSPS) is 23.8. The van der Waals surface area contributed by atoms with Gasteiger partial charge >= 0.3 is 0 Å². The Hall–Kier alpha value is -2.24. The highest BCUT2D eigenvalue weighted by molar-refractivity contribution is 7.21. The van der Waals surface area contributed by atoms with Crippen molar-refractivity contribution in [3.8, 4) is 10.6 Å². The summed E-state index contributed by atoms with van der Waals surface area (Å²) in [6, 6.07) is 5.46. The Kier molecular flexibility index (Phi) is 5.69. The Balaban J connectivity index is 1.75. The average molecular weight is 451 g/mol. The number of aliphatic hydroxyl groups excluding tert-OH is 3. The third kappa shape index (κ3) is 3.77. The largest absolute Gasteiger partial charge is 0.396 e. The van der Waals surface area contributed by atoms with Crippen LogP contribution in [0.4, 0.5) is 17.5 Å². The lowest BCUT2D eigenvalue weighted by Crippen LogP contribution is -2.35. The van der Waals surface area contributed by atoms with E-state index >= 15 is 0 Å². The second kappa shape index (κ2) is 8.12. The number of anilines is 3. The molecule has 0 unspecified atom stereocenters. The number of hydrogen-bond donors (Lipinski definition) is 5. The van der Waals surface area contributed by atoms with Crippen LogP contribution in [0.1, 0.15) is 6.42 Å². The number of aliphatic hydroxyl groups is 3. The molecule has 4 rings (SSSR count). The van der Waals surface area contributed by atoms with Gasteiger partial charge in [-0.25, -0.2) is 9.97 Å². The number of benzene rings is 1. The Bertz CT molecular complexity index is 1080. The van der Waals surface area contributed by atoms with Crippen LogP contribution in [0.5, 0.6) is 0 Å². The Morgan fingerprint density at radius 2 is 2.00 bits per heavy atom. The molecule has 1 saturated carbocycles. The van der Waals surface area contributed by atoms with Crippen molar-refractivity contribution in [2.24, 2.45) is 5.92 Å². The number of rotatable bonds is 5. The molecular weight excluding hydrogens is 428 g/mol. The van der Waals surface area contributed by atoms with Crippen LogP contribution in [0.15, 0.2) is 18.2 Å². The molecule has 11 heteroatoms. The van der Waals surface area contributed by atoms with E-state index in [1.165, 1.54) is 11.3 Å². The minimum Gasteiger partial charge on any atom is -0.396 e. The fraction of sp³-hybridized carbons (Fsp3) is 0.421. The summed E-state index contributed by atoms with van der Waals surface area (Å²) < 4.78 is 0.978. The minimum atomic E-state index is -1.07. The molecule has 1 aromatic carbocycles. The number of nitrogens with zero attached hydrogens (tertiary/aromatic N) is 4. The molecule has 0 saturated heterocycles. The van der Waals surface area contributed by atoms with Gasteiger partial charge in [-0.05, 0) is 24.6 Å². The van der Waals surface area contributed by atoms with Gasteiger partial charge < -0.3 is 31.3 Å². The molecule has 0 amide bonds. The van der Waals surface area contributed by atoms with Crippen LogP contribution >= 0.6 is 22.9 Å². The Labute approximate surface area is 182 Å². The van der Waals surface area contributed by atoms with Crippen molar-refractivity contribution in [2.75, 3.05) is 36.7 Å². The van der Waals surface area contributed by atoms with E-state index in [2.05, 4.69) is 15.3 Å². The van der Waals surface area contributed by atoms with E-state index in [9.17, 15) is 15.3 Å². The topological polar surface area (TPSA) is 141 Å². The lowest BCUT2D eigenvalue weighted by molar-refractivity contribution is 0.00446. The highest BCUT2D eigenvalue weighted by atomic mass is 35.5. The van der Waals surface area contributed by atoms with Crippen LogP contribution in [-0.2, 0) is 0 Å². The Morgan fingerprint density at radius 1 is 1.23 bits per heavy atom. The summed E-state index contributed by atoms with van der Waals surface area (Å²) >= 11 is 7.86. The third-order valence-electron chi connectivity index (χ3n) is 5.34. The van der Waals surface area contributed by atoms with Gasteiger partial charge in [-0.3, -0.25) is 0 Å². The molecule has 30 heavy (non-hydrogen) atoms. The molecule has 160 valence electrons. The first-order chi connectivity index (χ1) is 14.3. The van der Waals surface area contributed by atoms with Gasteiger partial charge in [0.25, 0.3) is 0 Å². The van der Waals surface area contributed by atoms with E-state index in [1.54, 1.807) is 0 Å². The quantitative estimate of drug-likeness (QED) is 0.366. The molecule has 2 heterocycles. The predicted molar refractivity (Wildman–Crippen MR) is 119 cm³/mol. The van der Waals surface area contributed by atoms with Crippen molar-refractivity contribution >= 4 is 50.6 Å². The van der Waals surface area contributed by atoms with Gasteiger partial charge in [0.15, 0.2) is 0 Å². The number of fused-ring (bicyclic) bond motifs is 1. The zero-order valence-electron chi connectivity index (χ0n) is 16.4. The first kappa shape index (κ1) is 21.0. The van der Waals surface area contributed by atoms with Gasteiger partial charge in [-0.1, -0.05) is 11.6 Å². The molecule has 3 aromatic rings. The summed E-state index contributed by atoms with van der Waals surface area (Å²) in [6.45, 7) is -0.220. The lowest BCUT2D eigenvalue weighted by atomic mass is 10.1. The second-order valence-corrected chi connectivity index (χ2v) is 8.96. The van der Waals surface area contributed by atoms with E-state index in [1.807, 2.05) is 37.2 Å². The van der Waals surface area contributed by atoms with Crippen molar-refractivity contribution in [1.29, 1.82) is 0 Å². The van der Waals surface area contributed by atoms with E-state index in [-0.39, 0.29) is 17.7 Å². The van der Waals surface area contributed by atoms with Gasteiger partial charge in [-0.2, -0.15) is 4.98 Å². The average Bonchev–Trinajstić information content (AvgIpc) is 3.22. The maximum Gasteiger partial charge on any atom is 0.223 e. The second-order valence-electron chi connectivity index (χ2n) is 7.57. The monoisotopic (exact) mass is 450 g/mol. The summed E-state index contributed by atoms with van der Waals surface area (Å²) in [6.07, 6.45) is -1.73. The predicted octanol–water partition coefficient (Wildman–Crippen LogP) is 1.57. The SMILES string of the molecule is CN(C)c1ccc2sc(-c3c(Cl)nc(N)nc3N[C@@H]3C[C@H](CO)[C@@H](O)[C@H]3O)nc2c1. The van der Waals surface area contributed by atoms with Crippen LogP contribution in [0.2, 0.25) is 5.15 Å². The summed E-state index contributed by atoms with van der Waals surface area (Å²) in [5.74, 6) is -0.120. The van der Waals surface area contributed by atoms with Crippen LogP contribution in [-0.4, -0.2) is 69.2 Å². The number of hydrogen-bond acceptors (Lipinski definition) is 10. The van der Waals surface area contributed by atoms with Gasteiger partial charge in [0, 0.05) is 32.3 Å². The molecule has 0 spiro atoms. The summed E-state index contributed by atoms with van der Waals surface area (Å²) in [5, 5.41) is 33.8. The van der Waals surface area contributed by atoms with E-state index < -0.39 is 24.2 Å². The molecule has 6 N–H and O–H groups in total. The maximum atomic E-state index is 10.4. The van der Waals surface area contributed by atoms with Crippen molar-refractivity contribution in [1.82, 2.24) is 15.0 Å². The number of nitrogens with two attached hydrogens (primary N) is 1. The molecule has 0 bridgehead atoms.